The van der Waals surface area contributed by atoms with Crippen molar-refractivity contribution in [3.63, 3.8) is 0 Å². The number of sulfonamides is 1. The number of amides is 2. The van der Waals surface area contributed by atoms with E-state index in [-0.39, 0.29) is 35.5 Å². The number of carbonyl (C=O) groups is 2. The summed E-state index contributed by atoms with van der Waals surface area (Å²) in [5, 5.41) is 3.03. The fourth-order valence-electron chi connectivity index (χ4n) is 4.82. The van der Waals surface area contributed by atoms with Crippen molar-refractivity contribution in [3.05, 3.63) is 132 Å². The molecule has 0 fully saturated rings. The van der Waals surface area contributed by atoms with E-state index >= 15 is 0 Å². The summed E-state index contributed by atoms with van der Waals surface area (Å²) < 4.78 is 42.8. The molecule has 4 rings (SSSR count). The molecule has 0 unspecified atom stereocenters. The Balaban J connectivity index is 1.80. The Morgan fingerprint density at radius 2 is 1.43 bits per heavy atom. The van der Waals surface area contributed by atoms with Crippen LogP contribution in [0.15, 0.2) is 114 Å². The quantitative estimate of drug-likeness (QED) is 0.203. The lowest BCUT2D eigenvalue weighted by Gasteiger charge is -2.34. The molecule has 230 valence electrons. The molecule has 0 aliphatic carbocycles. The van der Waals surface area contributed by atoms with Crippen LogP contribution < -0.4 is 9.62 Å². The van der Waals surface area contributed by atoms with Gasteiger partial charge in [-0.1, -0.05) is 79.7 Å². The lowest BCUT2D eigenvalue weighted by molar-refractivity contribution is -0.140. The highest BCUT2D eigenvalue weighted by atomic mass is 32.2. The fraction of sp³-hybridized carbons (Fsp3) is 0.257. The van der Waals surface area contributed by atoms with Crippen molar-refractivity contribution in [1.82, 2.24) is 10.2 Å². The van der Waals surface area contributed by atoms with E-state index in [4.69, 9.17) is 0 Å². The van der Waals surface area contributed by atoms with Crippen molar-refractivity contribution in [1.29, 1.82) is 0 Å². The number of halogens is 1. The third-order valence-electron chi connectivity index (χ3n) is 7.60. The van der Waals surface area contributed by atoms with Gasteiger partial charge in [0.25, 0.3) is 10.0 Å². The molecule has 2 atom stereocenters. The van der Waals surface area contributed by atoms with Crippen LogP contribution in [0.3, 0.4) is 0 Å². The van der Waals surface area contributed by atoms with Crippen LogP contribution in [0.25, 0.3) is 0 Å². The molecule has 7 nitrogen and oxygen atoms in total. The fourth-order valence-corrected chi connectivity index (χ4v) is 6.26. The monoisotopic (exact) mass is 615 g/mol. The summed E-state index contributed by atoms with van der Waals surface area (Å²) in [6.45, 7) is 5.26. The molecule has 0 saturated carbocycles. The Labute approximate surface area is 259 Å². The molecule has 0 aliphatic heterocycles. The van der Waals surface area contributed by atoms with Crippen LogP contribution in [0.1, 0.15) is 37.0 Å². The second-order valence-corrected chi connectivity index (χ2v) is 12.6. The summed E-state index contributed by atoms with van der Waals surface area (Å²) >= 11 is 0. The molecule has 9 heteroatoms. The summed E-state index contributed by atoms with van der Waals surface area (Å²) in [6.07, 6.45) is 0.923. The minimum atomic E-state index is -4.24. The third-order valence-corrected chi connectivity index (χ3v) is 9.39. The molecule has 0 spiro atoms. The van der Waals surface area contributed by atoms with Gasteiger partial charge in [-0.3, -0.25) is 13.9 Å². The molecule has 0 saturated heterocycles. The molecular weight excluding hydrogens is 577 g/mol. The van der Waals surface area contributed by atoms with Crippen LogP contribution in [0.2, 0.25) is 0 Å². The Morgan fingerprint density at radius 3 is 2.05 bits per heavy atom. The average Bonchev–Trinajstić information content (AvgIpc) is 3.03. The number of hydrogen-bond donors (Lipinski definition) is 1. The zero-order valence-corrected chi connectivity index (χ0v) is 26.0. The van der Waals surface area contributed by atoms with E-state index < -0.39 is 34.3 Å². The highest BCUT2D eigenvalue weighted by Crippen LogP contribution is 2.25. The number of hydrogen-bond acceptors (Lipinski definition) is 4. The van der Waals surface area contributed by atoms with Crippen LogP contribution in [0, 0.1) is 12.7 Å². The number of carbonyl (C=O) groups excluding carboxylic acids is 2. The molecule has 4 aromatic carbocycles. The van der Waals surface area contributed by atoms with Gasteiger partial charge < -0.3 is 10.2 Å². The van der Waals surface area contributed by atoms with E-state index in [1.54, 1.807) is 18.2 Å². The van der Waals surface area contributed by atoms with E-state index in [1.165, 1.54) is 29.2 Å². The zero-order valence-electron chi connectivity index (χ0n) is 25.2. The largest absolute Gasteiger partial charge is 0.352 e. The second kappa shape index (κ2) is 14.8. The minimum Gasteiger partial charge on any atom is -0.352 e. The van der Waals surface area contributed by atoms with Crippen molar-refractivity contribution >= 4 is 27.5 Å². The first-order valence-corrected chi connectivity index (χ1v) is 16.1. The van der Waals surface area contributed by atoms with Gasteiger partial charge in [0.15, 0.2) is 0 Å². The standard InChI is InChI=1S/C35H38FN3O4S/c1-4-27(3)37-35(41)33(23-28-14-7-5-8-15-28)38(24-29-16-12-11-13-26(29)2)34(40)25-39(31-21-19-30(36)20-22-31)44(42,43)32-17-9-6-10-18-32/h5-22,27,33H,4,23-25H2,1-3H3,(H,37,41)/t27-,33+/m1/s1. The summed E-state index contributed by atoms with van der Waals surface area (Å²) in [5.74, 6) is -1.44. The highest BCUT2D eigenvalue weighted by Gasteiger charge is 2.35. The van der Waals surface area contributed by atoms with E-state index in [9.17, 15) is 22.4 Å². The molecular formula is C35H38FN3O4S. The SMILES string of the molecule is CC[C@@H](C)NC(=O)[C@H](Cc1ccccc1)N(Cc1ccccc1C)C(=O)CN(c1ccc(F)cc1)S(=O)(=O)c1ccccc1. The topological polar surface area (TPSA) is 86.8 Å². The Hall–Kier alpha value is -4.50. The maximum absolute atomic E-state index is 14.4. The summed E-state index contributed by atoms with van der Waals surface area (Å²) in [4.78, 5) is 29.8. The van der Waals surface area contributed by atoms with Crippen LogP contribution in [-0.4, -0.2) is 43.8 Å². The summed E-state index contributed by atoms with van der Waals surface area (Å²) in [6, 6.07) is 28.6. The first-order chi connectivity index (χ1) is 21.1. The van der Waals surface area contributed by atoms with Crippen LogP contribution >= 0.6 is 0 Å². The van der Waals surface area contributed by atoms with Crippen molar-refractivity contribution < 1.29 is 22.4 Å². The number of anilines is 1. The van der Waals surface area contributed by atoms with Crippen molar-refractivity contribution in [2.24, 2.45) is 0 Å². The molecule has 0 heterocycles. The van der Waals surface area contributed by atoms with Gasteiger partial charge in [0.1, 0.15) is 18.4 Å². The molecule has 0 aliphatic rings. The lowest BCUT2D eigenvalue weighted by atomic mass is 10.0. The number of nitrogens with zero attached hydrogens (tertiary/aromatic N) is 2. The normalized spacial score (nSPS) is 12.6. The van der Waals surface area contributed by atoms with E-state index in [2.05, 4.69) is 5.32 Å². The maximum atomic E-state index is 14.4. The van der Waals surface area contributed by atoms with Gasteiger partial charge in [-0.2, -0.15) is 0 Å². The smallest absolute Gasteiger partial charge is 0.264 e. The molecule has 1 N–H and O–H groups in total. The molecule has 0 radical (unpaired) electrons. The van der Waals surface area contributed by atoms with Crippen molar-refractivity contribution in [2.45, 2.75) is 57.1 Å². The first-order valence-electron chi connectivity index (χ1n) is 14.6. The Bertz CT molecular complexity index is 1650. The van der Waals surface area contributed by atoms with Gasteiger partial charge in [-0.05, 0) is 73.4 Å². The Morgan fingerprint density at radius 1 is 0.841 bits per heavy atom. The van der Waals surface area contributed by atoms with Gasteiger partial charge in [0, 0.05) is 19.0 Å². The maximum Gasteiger partial charge on any atom is 0.264 e. The van der Waals surface area contributed by atoms with Crippen LogP contribution in [0.5, 0.6) is 0 Å². The highest BCUT2D eigenvalue weighted by molar-refractivity contribution is 7.92. The van der Waals surface area contributed by atoms with E-state index in [0.29, 0.717) is 6.42 Å². The lowest BCUT2D eigenvalue weighted by Crippen LogP contribution is -2.54. The minimum absolute atomic E-state index is 0.0158. The van der Waals surface area contributed by atoms with Gasteiger partial charge in [0.2, 0.25) is 11.8 Å². The summed E-state index contributed by atoms with van der Waals surface area (Å²) in [7, 11) is -4.24. The number of aryl methyl sites for hydroxylation is 1. The van der Waals surface area contributed by atoms with Gasteiger partial charge >= 0.3 is 0 Å². The molecule has 0 aromatic heterocycles. The van der Waals surface area contributed by atoms with Gasteiger partial charge in [-0.25, -0.2) is 12.8 Å². The van der Waals surface area contributed by atoms with Crippen molar-refractivity contribution in [2.75, 3.05) is 10.8 Å². The van der Waals surface area contributed by atoms with Crippen LogP contribution in [0.4, 0.5) is 10.1 Å². The molecule has 2 amide bonds. The van der Waals surface area contributed by atoms with Crippen LogP contribution in [-0.2, 0) is 32.6 Å². The number of rotatable bonds is 13. The first kappa shape index (κ1) is 32.4. The predicted molar refractivity (Wildman–Crippen MR) is 171 cm³/mol. The van der Waals surface area contributed by atoms with Crippen molar-refractivity contribution in [3.8, 4) is 0 Å². The zero-order chi connectivity index (χ0) is 31.7. The second-order valence-electron chi connectivity index (χ2n) is 10.8. The summed E-state index contributed by atoms with van der Waals surface area (Å²) in [5.41, 5.74) is 2.74. The van der Waals surface area contributed by atoms with E-state index in [0.717, 1.165) is 33.1 Å². The molecule has 44 heavy (non-hydrogen) atoms. The third kappa shape index (κ3) is 8.11. The van der Waals surface area contributed by atoms with Gasteiger partial charge in [-0.15, -0.1) is 0 Å². The number of benzene rings is 4. The average molecular weight is 616 g/mol. The Kier molecular flexibility index (Phi) is 10.9. The molecule has 0 bridgehead atoms. The number of nitrogens with one attached hydrogen (secondary N) is 1. The molecule has 4 aromatic rings. The van der Waals surface area contributed by atoms with Gasteiger partial charge in [0.05, 0.1) is 10.6 Å². The predicted octanol–water partition coefficient (Wildman–Crippen LogP) is 5.88. The van der Waals surface area contributed by atoms with E-state index in [1.807, 2.05) is 75.4 Å².